The van der Waals surface area contributed by atoms with E-state index in [9.17, 15) is 0 Å². The highest BCUT2D eigenvalue weighted by Gasteiger charge is 2.14. The average Bonchev–Trinajstić information content (AvgIpc) is 2.75. The van der Waals surface area contributed by atoms with Crippen molar-refractivity contribution < 1.29 is 4.74 Å². The summed E-state index contributed by atoms with van der Waals surface area (Å²) in [5.41, 5.74) is 2.56. The van der Waals surface area contributed by atoms with Crippen molar-refractivity contribution in [3.05, 3.63) is 60.2 Å². The second-order valence-electron chi connectivity index (χ2n) is 6.78. The van der Waals surface area contributed by atoms with Gasteiger partial charge in [0.1, 0.15) is 0 Å². The van der Waals surface area contributed by atoms with Crippen LogP contribution >= 0.6 is 35.7 Å². The molecule has 1 heterocycles. The summed E-state index contributed by atoms with van der Waals surface area (Å²) in [5, 5.41) is 7.35. The Kier molecular flexibility index (Phi) is 10.7. The zero-order valence-electron chi connectivity index (χ0n) is 17.1. The van der Waals surface area contributed by atoms with Crippen LogP contribution in [0.1, 0.15) is 12.5 Å². The Hall–Kier alpha value is -1.45. The number of aliphatic imine (C=N–C) groups is 1. The third-order valence-electron chi connectivity index (χ3n) is 4.65. The smallest absolute Gasteiger partial charge is 0.191 e. The minimum Gasteiger partial charge on any atom is -0.378 e. The number of hydrogen-bond acceptors (Lipinski definition) is 4. The second kappa shape index (κ2) is 13.0. The van der Waals surface area contributed by atoms with Crippen molar-refractivity contribution in [2.75, 3.05) is 44.8 Å². The van der Waals surface area contributed by atoms with E-state index in [1.807, 2.05) is 24.9 Å². The van der Waals surface area contributed by atoms with E-state index in [0.29, 0.717) is 5.25 Å². The van der Waals surface area contributed by atoms with Gasteiger partial charge in [0.2, 0.25) is 0 Å². The number of guanidine groups is 1. The Morgan fingerprint density at radius 2 is 1.76 bits per heavy atom. The summed E-state index contributed by atoms with van der Waals surface area (Å²) in [4.78, 5) is 8.06. The number of rotatable bonds is 7. The van der Waals surface area contributed by atoms with Crippen molar-refractivity contribution in [1.82, 2.24) is 10.6 Å². The van der Waals surface area contributed by atoms with Crippen LogP contribution in [-0.2, 0) is 11.3 Å². The predicted octanol–water partition coefficient (Wildman–Crippen LogP) is 3.99. The molecule has 0 amide bonds. The minimum atomic E-state index is 0. The van der Waals surface area contributed by atoms with E-state index in [1.54, 1.807) is 0 Å². The first-order valence-electron chi connectivity index (χ1n) is 9.83. The molecule has 0 saturated carbocycles. The Balaban J connectivity index is 0.00000300. The van der Waals surface area contributed by atoms with E-state index in [2.05, 4.69) is 76.0 Å². The summed E-state index contributed by atoms with van der Waals surface area (Å²) in [6.07, 6.45) is 0. The normalized spacial score (nSPS) is 15.4. The third-order valence-corrected chi connectivity index (χ3v) is 5.76. The maximum Gasteiger partial charge on any atom is 0.191 e. The molecule has 0 aliphatic carbocycles. The molecule has 2 N–H and O–H groups in total. The lowest BCUT2D eigenvalue weighted by atomic mass is 10.1. The van der Waals surface area contributed by atoms with Crippen LogP contribution in [0.4, 0.5) is 5.69 Å². The van der Waals surface area contributed by atoms with Gasteiger partial charge in [0.15, 0.2) is 5.96 Å². The minimum absolute atomic E-state index is 0. The van der Waals surface area contributed by atoms with Gasteiger partial charge in [0.25, 0.3) is 0 Å². The molecule has 0 spiro atoms. The molecule has 1 fully saturated rings. The molecule has 2 aromatic rings. The maximum atomic E-state index is 5.49. The number of thioether (sulfide) groups is 1. The van der Waals surface area contributed by atoms with Gasteiger partial charge in [-0.2, -0.15) is 0 Å². The summed E-state index contributed by atoms with van der Waals surface area (Å²) in [5.74, 6) is 0.831. The molecular weight excluding hydrogens is 495 g/mol. The molecule has 1 aliphatic rings. The van der Waals surface area contributed by atoms with Crippen LogP contribution in [0, 0.1) is 0 Å². The monoisotopic (exact) mass is 526 g/mol. The number of hydrogen-bond donors (Lipinski definition) is 2. The number of morpholine rings is 1. The van der Waals surface area contributed by atoms with Crippen LogP contribution in [0.5, 0.6) is 0 Å². The van der Waals surface area contributed by atoms with Gasteiger partial charge in [-0.05, 0) is 23.8 Å². The van der Waals surface area contributed by atoms with E-state index < -0.39 is 0 Å². The van der Waals surface area contributed by atoms with Gasteiger partial charge in [0, 0.05) is 49.1 Å². The fourth-order valence-electron chi connectivity index (χ4n) is 3.19. The van der Waals surface area contributed by atoms with Crippen molar-refractivity contribution in [3.8, 4) is 0 Å². The number of ether oxygens (including phenoxy) is 1. The number of nitrogens with zero attached hydrogens (tertiary/aromatic N) is 2. The number of anilines is 1. The number of nitrogens with one attached hydrogen (secondary N) is 2. The Bertz CT molecular complexity index is 753. The first kappa shape index (κ1) is 23.8. The van der Waals surface area contributed by atoms with E-state index in [4.69, 9.17) is 4.74 Å². The number of benzene rings is 2. The highest BCUT2D eigenvalue weighted by molar-refractivity contribution is 14.0. The van der Waals surface area contributed by atoms with Crippen LogP contribution in [-0.4, -0.2) is 51.1 Å². The predicted molar refractivity (Wildman–Crippen MR) is 135 cm³/mol. The lowest BCUT2D eigenvalue weighted by Gasteiger charge is -2.30. The van der Waals surface area contributed by atoms with Crippen molar-refractivity contribution in [1.29, 1.82) is 0 Å². The van der Waals surface area contributed by atoms with Crippen LogP contribution in [0.3, 0.4) is 0 Å². The van der Waals surface area contributed by atoms with Crippen LogP contribution in [0.25, 0.3) is 0 Å². The highest BCUT2D eigenvalue weighted by Crippen LogP contribution is 2.22. The van der Waals surface area contributed by atoms with Crippen LogP contribution < -0.4 is 15.5 Å². The quantitative estimate of drug-likeness (QED) is 0.248. The zero-order chi connectivity index (χ0) is 19.6. The van der Waals surface area contributed by atoms with E-state index in [1.165, 1.54) is 16.1 Å². The molecule has 2 aromatic carbocycles. The van der Waals surface area contributed by atoms with Crippen molar-refractivity contribution in [2.45, 2.75) is 23.6 Å². The lowest BCUT2D eigenvalue weighted by molar-refractivity contribution is 0.122. The van der Waals surface area contributed by atoms with Gasteiger partial charge in [0.05, 0.1) is 13.2 Å². The summed E-state index contributed by atoms with van der Waals surface area (Å²) in [7, 11) is 1.82. The van der Waals surface area contributed by atoms with Gasteiger partial charge >= 0.3 is 0 Å². The summed E-state index contributed by atoms with van der Waals surface area (Å²) in [6.45, 7) is 7.30. The van der Waals surface area contributed by atoms with Crippen molar-refractivity contribution in [2.24, 2.45) is 4.99 Å². The van der Waals surface area contributed by atoms with Gasteiger partial charge in [-0.3, -0.25) is 4.99 Å². The number of para-hydroxylation sites is 1. The van der Waals surface area contributed by atoms with Crippen molar-refractivity contribution >= 4 is 47.4 Å². The summed E-state index contributed by atoms with van der Waals surface area (Å²) >= 11 is 1.87. The molecule has 0 bridgehead atoms. The van der Waals surface area contributed by atoms with Gasteiger partial charge in [-0.25, -0.2) is 0 Å². The Labute approximate surface area is 195 Å². The van der Waals surface area contributed by atoms with Crippen LogP contribution in [0.2, 0.25) is 0 Å². The third kappa shape index (κ3) is 7.71. The largest absolute Gasteiger partial charge is 0.378 e. The zero-order valence-corrected chi connectivity index (χ0v) is 20.3. The summed E-state index contributed by atoms with van der Waals surface area (Å²) in [6, 6.07) is 19.1. The van der Waals surface area contributed by atoms with Crippen LogP contribution in [0.15, 0.2) is 64.5 Å². The molecule has 1 saturated heterocycles. The maximum absolute atomic E-state index is 5.49. The lowest BCUT2D eigenvalue weighted by Crippen LogP contribution is -2.40. The van der Waals surface area contributed by atoms with Gasteiger partial charge in [-0.1, -0.05) is 43.3 Å². The first-order valence-corrected chi connectivity index (χ1v) is 10.7. The molecular formula is C22H31IN4OS. The molecule has 158 valence electrons. The molecule has 0 radical (unpaired) electrons. The van der Waals surface area contributed by atoms with Crippen molar-refractivity contribution in [3.63, 3.8) is 0 Å². The molecule has 1 unspecified atom stereocenters. The molecule has 3 rings (SSSR count). The van der Waals surface area contributed by atoms with Gasteiger partial charge in [-0.15, -0.1) is 35.7 Å². The van der Waals surface area contributed by atoms with E-state index in [0.717, 1.165) is 45.4 Å². The van der Waals surface area contributed by atoms with E-state index >= 15 is 0 Å². The molecule has 5 nitrogen and oxygen atoms in total. The fourth-order valence-corrected chi connectivity index (χ4v) is 4.13. The van der Waals surface area contributed by atoms with E-state index in [-0.39, 0.29) is 24.0 Å². The molecule has 1 atom stereocenters. The number of halogens is 1. The highest BCUT2D eigenvalue weighted by atomic mass is 127. The second-order valence-corrected chi connectivity index (χ2v) is 8.29. The topological polar surface area (TPSA) is 48.9 Å². The molecule has 0 aromatic heterocycles. The molecule has 7 heteroatoms. The average molecular weight is 526 g/mol. The Morgan fingerprint density at radius 3 is 2.48 bits per heavy atom. The fraction of sp³-hybridized carbons (Fsp3) is 0.409. The summed E-state index contributed by atoms with van der Waals surface area (Å²) < 4.78 is 5.49. The van der Waals surface area contributed by atoms with Gasteiger partial charge < -0.3 is 20.3 Å². The molecule has 1 aliphatic heterocycles. The standard InChI is InChI=1S/C22H30N4OS.HI/c1-18(28-20-9-4-3-5-10-20)16-24-22(23-2)25-17-19-8-6-7-11-21(19)26-12-14-27-15-13-26;/h3-11,18H,12-17H2,1-2H3,(H2,23,24,25);1H. The SMILES string of the molecule is CN=C(NCc1ccccc1N1CCOCC1)NCC(C)Sc1ccccc1.I. The Morgan fingerprint density at radius 1 is 1.07 bits per heavy atom. The first-order chi connectivity index (χ1) is 13.8. The molecule has 29 heavy (non-hydrogen) atoms.